The fourth-order valence-electron chi connectivity index (χ4n) is 5.96. The fourth-order valence-corrected chi connectivity index (χ4v) is 5.96. The zero-order valence-electron chi connectivity index (χ0n) is 34.9. The van der Waals surface area contributed by atoms with Crippen molar-refractivity contribution in [1.82, 2.24) is 0 Å². The maximum absolute atomic E-state index is 3.90. The standard InChI is InChI=1S/C29H55.C17H33.C2H4.CH4.2Y/c1-3-5-7-9-11-13-15-17-19-21-23-25-27-29-28-26-24-22-20-18-16-14-12-10-8-6-4-2;1-3-5-7-9-11-13-15-17-16-14-12-10-8-6-4-2;1-2;;;/h15,17-18,20H,1,3-14,16,19,21-29H2,2H3;15,17H,1,3-14,16H2,2H3;1-2H2;1H4;;/q2*-1;;;;/b17-15-,20-18+;17-15-;;;;. The van der Waals surface area contributed by atoms with Crippen molar-refractivity contribution in [1.29, 1.82) is 0 Å². The Balaban J connectivity index is -0.000000198. The molecular formula is C49H96Y2-2. The van der Waals surface area contributed by atoms with Gasteiger partial charge in [0.2, 0.25) is 0 Å². The summed E-state index contributed by atoms with van der Waals surface area (Å²) in [6, 6.07) is 0. The van der Waals surface area contributed by atoms with E-state index in [4.69, 9.17) is 0 Å². The van der Waals surface area contributed by atoms with Crippen LogP contribution in [0.5, 0.6) is 0 Å². The molecule has 0 amide bonds. The van der Waals surface area contributed by atoms with Gasteiger partial charge in [0, 0.05) is 65.4 Å². The smallest absolute Gasteiger partial charge is 0 e. The van der Waals surface area contributed by atoms with Crippen LogP contribution in [0.3, 0.4) is 0 Å². The molecule has 0 saturated heterocycles. The minimum Gasteiger partial charge on any atom is -0.343 e. The van der Waals surface area contributed by atoms with Crippen LogP contribution in [0.2, 0.25) is 0 Å². The first-order chi connectivity index (χ1) is 23.8. The quantitative estimate of drug-likeness (QED) is 0.0332. The summed E-state index contributed by atoms with van der Waals surface area (Å²) in [5, 5.41) is 0. The molecule has 0 spiro atoms. The van der Waals surface area contributed by atoms with Crippen LogP contribution in [-0.4, -0.2) is 0 Å². The van der Waals surface area contributed by atoms with E-state index < -0.39 is 0 Å². The Hall–Kier alpha value is 1.17. The predicted octanol–water partition coefficient (Wildman–Crippen LogP) is 18.8. The van der Waals surface area contributed by atoms with Crippen LogP contribution in [-0.2, 0) is 65.4 Å². The molecule has 0 aromatic heterocycles. The zero-order valence-corrected chi connectivity index (χ0v) is 40.6. The molecule has 0 aliphatic heterocycles. The van der Waals surface area contributed by atoms with E-state index in [0.717, 1.165) is 12.8 Å². The van der Waals surface area contributed by atoms with Gasteiger partial charge < -0.3 is 13.8 Å². The summed E-state index contributed by atoms with van der Waals surface area (Å²) in [6.45, 7) is 18.3. The molecule has 0 aromatic rings. The maximum Gasteiger partial charge on any atom is 0 e. The topological polar surface area (TPSA) is 0 Å². The molecule has 2 radical (unpaired) electrons. The Morgan fingerprint density at radius 1 is 0.294 bits per heavy atom. The van der Waals surface area contributed by atoms with Crippen molar-refractivity contribution in [2.45, 2.75) is 252 Å². The number of hydrogen-bond acceptors (Lipinski definition) is 0. The molecule has 0 aliphatic carbocycles. The van der Waals surface area contributed by atoms with Crippen LogP contribution in [0, 0.1) is 13.8 Å². The van der Waals surface area contributed by atoms with E-state index >= 15 is 0 Å². The van der Waals surface area contributed by atoms with E-state index in [0.29, 0.717) is 0 Å². The first kappa shape index (κ1) is 64.1. The van der Waals surface area contributed by atoms with Crippen molar-refractivity contribution in [3.8, 4) is 0 Å². The number of unbranched alkanes of at least 4 members (excludes halogenated alkanes) is 31. The van der Waals surface area contributed by atoms with E-state index in [1.165, 1.54) is 218 Å². The van der Waals surface area contributed by atoms with E-state index in [-0.39, 0.29) is 72.8 Å². The summed E-state index contributed by atoms with van der Waals surface area (Å²) in [6.07, 6.45) is 63.7. The largest absolute Gasteiger partial charge is 0.343 e. The van der Waals surface area contributed by atoms with Crippen molar-refractivity contribution in [3.63, 3.8) is 0 Å². The summed E-state index contributed by atoms with van der Waals surface area (Å²) in [7, 11) is 0. The minimum atomic E-state index is 0. The minimum absolute atomic E-state index is 0. The van der Waals surface area contributed by atoms with Crippen LogP contribution in [0.25, 0.3) is 0 Å². The summed E-state index contributed by atoms with van der Waals surface area (Å²) >= 11 is 0. The molecule has 0 bridgehead atoms. The van der Waals surface area contributed by atoms with Crippen LogP contribution in [0.4, 0.5) is 0 Å². The van der Waals surface area contributed by atoms with Crippen molar-refractivity contribution < 1.29 is 65.4 Å². The monoisotopic (exact) mass is 863 g/mol. The molecular weight excluding hydrogens is 766 g/mol. The third-order valence-corrected chi connectivity index (χ3v) is 9.18. The van der Waals surface area contributed by atoms with Crippen molar-refractivity contribution in [3.05, 3.63) is 63.5 Å². The molecule has 0 N–H and O–H groups in total. The Morgan fingerprint density at radius 2 is 0.451 bits per heavy atom. The molecule has 0 unspecified atom stereocenters. The third kappa shape index (κ3) is 73.0. The van der Waals surface area contributed by atoms with E-state index in [2.05, 4.69) is 77.3 Å². The summed E-state index contributed by atoms with van der Waals surface area (Å²) < 4.78 is 0. The van der Waals surface area contributed by atoms with Gasteiger partial charge in [0.05, 0.1) is 0 Å². The van der Waals surface area contributed by atoms with Crippen LogP contribution in [0.1, 0.15) is 252 Å². The maximum atomic E-state index is 3.90. The normalized spacial score (nSPS) is 10.7. The Morgan fingerprint density at radius 3 is 0.627 bits per heavy atom. The molecule has 0 atom stereocenters. The van der Waals surface area contributed by atoms with Crippen molar-refractivity contribution in [2.75, 3.05) is 0 Å². The fraction of sp³-hybridized carbons (Fsp3) is 0.796. The van der Waals surface area contributed by atoms with Gasteiger partial charge in [0.1, 0.15) is 0 Å². The second-order valence-corrected chi connectivity index (χ2v) is 14.0. The van der Waals surface area contributed by atoms with E-state index in [9.17, 15) is 0 Å². The Labute approximate surface area is 377 Å². The van der Waals surface area contributed by atoms with Gasteiger partial charge in [0.15, 0.2) is 0 Å². The van der Waals surface area contributed by atoms with Gasteiger partial charge in [-0.2, -0.15) is 12.8 Å². The summed E-state index contributed by atoms with van der Waals surface area (Å²) in [4.78, 5) is 0. The molecule has 0 aliphatic rings. The molecule has 0 aromatic carbocycles. The van der Waals surface area contributed by atoms with Gasteiger partial charge in [-0.3, -0.25) is 0 Å². The van der Waals surface area contributed by atoms with Gasteiger partial charge in [-0.05, 0) is 77.0 Å². The molecule has 0 rings (SSSR count). The predicted molar refractivity (Wildman–Crippen MR) is 234 cm³/mol. The molecule has 0 heterocycles. The van der Waals surface area contributed by atoms with Crippen LogP contribution >= 0.6 is 0 Å². The number of allylic oxidation sites excluding steroid dienone is 6. The Kier molecular flexibility index (Phi) is 86.8. The number of hydrogen-bond donors (Lipinski definition) is 0. The summed E-state index contributed by atoms with van der Waals surface area (Å²) in [5.74, 6) is 0. The van der Waals surface area contributed by atoms with E-state index in [1.807, 2.05) is 0 Å². The molecule has 2 heteroatoms. The third-order valence-electron chi connectivity index (χ3n) is 9.18. The van der Waals surface area contributed by atoms with Crippen LogP contribution in [0.15, 0.2) is 49.6 Å². The molecule has 0 fully saturated rings. The van der Waals surface area contributed by atoms with Gasteiger partial charge in [0.25, 0.3) is 0 Å². The second-order valence-electron chi connectivity index (χ2n) is 14.0. The Bertz CT molecular complexity index is 593. The number of rotatable bonds is 37. The first-order valence-corrected chi connectivity index (χ1v) is 21.9. The average Bonchev–Trinajstić information content (AvgIpc) is 3.11. The molecule has 0 nitrogen and oxygen atoms in total. The second kappa shape index (κ2) is 69.1. The van der Waals surface area contributed by atoms with Gasteiger partial charge in [-0.15, -0.1) is 13.2 Å². The SMILES string of the molecule is C.C=C.[CH2-]CCCCCC/C=C\CCCCCCCC.[CH2-]CCCCCC/C=C\CCCCCCCCCC/C=C/CCCCCCCC.[Y].[Y]. The van der Waals surface area contributed by atoms with Gasteiger partial charge in [-0.1, -0.05) is 199 Å². The first-order valence-electron chi connectivity index (χ1n) is 21.9. The van der Waals surface area contributed by atoms with Crippen molar-refractivity contribution >= 4 is 0 Å². The zero-order chi connectivity index (χ0) is 35.7. The molecule has 51 heavy (non-hydrogen) atoms. The van der Waals surface area contributed by atoms with E-state index in [1.54, 1.807) is 0 Å². The van der Waals surface area contributed by atoms with Gasteiger partial charge in [-0.25, -0.2) is 0 Å². The molecule has 0 saturated carbocycles. The summed E-state index contributed by atoms with van der Waals surface area (Å²) in [5.41, 5.74) is 0. The van der Waals surface area contributed by atoms with Gasteiger partial charge >= 0.3 is 0 Å². The van der Waals surface area contributed by atoms with Crippen molar-refractivity contribution in [2.24, 2.45) is 0 Å². The van der Waals surface area contributed by atoms with Crippen LogP contribution < -0.4 is 0 Å². The molecule has 300 valence electrons. The average molecular weight is 863 g/mol.